The summed E-state index contributed by atoms with van der Waals surface area (Å²) in [5, 5.41) is 15.6. The number of aromatic nitrogens is 2. The second kappa shape index (κ2) is 9.37. The first-order valence-corrected chi connectivity index (χ1v) is 10.1. The van der Waals surface area contributed by atoms with Crippen molar-refractivity contribution in [2.24, 2.45) is 0 Å². The Labute approximate surface area is 175 Å². The summed E-state index contributed by atoms with van der Waals surface area (Å²) < 4.78 is 5.39. The predicted octanol–water partition coefficient (Wildman–Crippen LogP) is 3.58. The Morgan fingerprint density at radius 1 is 1.20 bits per heavy atom. The number of anilines is 2. The van der Waals surface area contributed by atoms with Crippen molar-refractivity contribution in [1.82, 2.24) is 15.3 Å². The van der Waals surface area contributed by atoms with Crippen molar-refractivity contribution < 1.29 is 4.74 Å². The van der Waals surface area contributed by atoms with Crippen LogP contribution in [0.25, 0.3) is 16.5 Å². The summed E-state index contributed by atoms with van der Waals surface area (Å²) in [6.07, 6.45) is 6.89. The van der Waals surface area contributed by atoms with Crippen LogP contribution in [0.1, 0.15) is 24.1 Å². The second-order valence-electron chi connectivity index (χ2n) is 7.32. The molecule has 1 aliphatic rings. The summed E-state index contributed by atoms with van der Waals surface area (Å²) in [7, 11) is 0. The first-order chi connectivity index (χ1) is 14.7. The lowest BCUT2D eigenvalue weighted by Crippen LogP contribution is -2.31. The number of benzene rings is 1. The van der Waals surface area contributed by atoms with Crippen molar-refractivity contribution in [2.45, 2.75) is 25.4 Å². The Kier molecular flexibility index (Phi) is 6.20. The van der Waals surface area contributed by atoms with Gasteiger partial charge < -0.3 is 26.5 Å². The molecule has 5 N–H and O–H groups in total. The fraction of sp³-hybridized carbons (Fsp3) is 0.261. The molecule has 1 aromatic carbocycles. The van der Waals surface area contributed by atoms with Gasteiger partial charge in [-0.3, -0.25) is 4.98 Å². The van der Waals surface area contributed by atoms with Crippen LogP contribution in [-0.4, -0.2) is 35.4 Å². The Morgan fingerprint density at radius 2 is 2.07 bits per heavy atom. The van der Waals surface area contributed by atoms with Gasteiger partial charge in [-0.2, -0.15) is 0 Å². The van der Waals surface area contributed by atoms with Crippen LogP contribution >= 0.6 is 0 Å². The van der Waals surface area contributed by atoms with Gasteiger partial charge in [-0.1, -0.05) is 12.1 Å². The maximum atomic E-state index is 7.80. The highest BCUT2D eigenvalue weighted by molar-refractivity contribution is 6.07. The molecular formula is C23H26N6O. The molecule has 0 saturated carbocycles. The van der Waals surface area contributed by atoms with E-state index in [0.717, 1.165) is 42.5 Å². The molecule has 3 heterocycles. The average Bonchev–Trinajstić information content (AvgIpc) is 2.80. The monoisotopic (exact) mass is 402 g/mol. The standard InChI is InChI=1S/C23H26N6O/c24-13-18(15-27-19-7-10-30-11-8-19)22-6-4-20(25)23(29-22)28-14-16-3-5-21-17(12-16)2-1-9-26-21/h1-6,9,12-13,15,19,24,27H,7-8,10-11,14,25H2,(H,28,29)/b18-15+,24-13?. The zero-order valence-electron chi connectivity index (χ0n) is 16.8. The molecule has 0 radical (unpaired) electrons. The lowest BCUT2D eigenvalue weighted by Gasteiger charge is -2.22. The summed E-state index contributed by atoms with van der Waals surface area (Å²) in [5.41, 5.74) is 10.2. The third-order valence-corrected chi connectivity index (χ3v) is 5.20. The molecule has 0 bridgehead atoms. The van der Waals surface area contributed by atoms with Crippen molar-refractivity contribution in [3.8, 4) is 0 Å². The van der Waals surface area contributed by atoms with E-state index in [-0.39, 0.29) is 0 Å². The Hall–Kier alpha value is -3.45. The largest absolute Gasteiger partial charge is 0.396 e. The van der Waals surface area contributed by atoms with Gasteiger partial charge in [0.2, 0.25) is 0 Å². The number of nitrogens with two attached hydrogens (primary N) is 1. The molecular weight excluding hydrogens is 376 g/mol. The smallest absolute Gasteiger partial charge is 0.150 e. The Bertz CT molecular complexity index is 1060. The highest BCUT2D eigenvalue weighted by Crippen LogP contribution is 2.21. The van der Waals surface area contributed by atoms with Crippen LogP contribution in [-0.2, 0) is 11.3 Å². The van der Waals surface area contributed by atoms with Crippen LogP contribution in [0.2, 0.25) is 0 Å². The minimum atomic E-state index is 0.363. The Morgan fingerprint density at radius 3 is 2.90 bits per heavy atom. The molecule has 7 heteroatoms. The van der Waals surface area contributed by atoms with E-state index < -0.39 is 0 Å². The number of fused-ring (bicyclic) bond motifs is 1. The SMILES string of the molecule is N=C/C(=C\NC1CCOCC1)c1ccc(N)c(NCc2ccc3ncccc3c2)n1. The minimum Gasteiger partial charge on any atom is -0.396 e. The van der Waals surface area contributed by atoms with Gasteiger partial charge in [-0.15, -0.1) is 0 Å². The predicted molar refractivity (Wildman–Crippen MR) is 121 cm³/mol. The van der Waals surface area contributed by atoms with Crippen LogP contribution < -0.4 is 16.4 Å². The van der Waals surface area contributed by atoms with E-state index in [1.807, 2.05) is 42.6 Å². The first kappa shape index (κ1) is 19.8. The van der Waals surface area contributed by atoms with Crippen LogP contribution in [0, 0.1) is 5.41 Å². The molecule has 154 valence electrons. The first-order valence-electron chi connectivity index (χ1n) is 10.1. The molecule has 4 rings (SSSR count). The van der Waals surface area contributed by atoms with Gasteiger partial charge in [0.15, 0.2) is 0 Å². The molecule has 0 spiro atoms. The van der Waals surface area contributed by atoms with Crippen molar-refractivity contribution in [1.29, 1.82) is 5.41 Å². The number of hydrogen-bond acceptors (Lipinski definition) is 7. The van der Waals surface area contributed by atoms with Gasteiger partial charge in [-0.25, -0.2) is 4.98 Å². The molecule has 0 aliphatic carbocycles. The number of nitrogen functional groups attached to an aromatic ring is 1. The van der Waals surface area contributed by atoms with Crippen LogP contribution in [0.15, 0.2) is 54.9 Å². The van der Waals surface area contributed by atoms with Gasteiger partial charge in [-0.05, 0) is 48.7 Å². The van der Waals surface area contributed by atoms with Gasteiger partial charge in [0, 0.05) is 55.4 Å². The van der Waals surface area contributed by atoms with Crippen molar-refractivity contribution in [3.05, 3.63) is 66.1 Å². The van der Waals surface area contributed by atoms with Crippen LogP contribution in [0.5, 0.6) is 0 Å². The zero-order valence-corrected chi connectivity index (χ0v) is 16.8. The number of ether oxygens (including phenoxy) is 1. The van der Waals surface area contributed by atoms with E-state index in [1.54, 1.807) is 6.20 Å². The quantitative estimate of drug-likeness (QED) is 0.450. The molecule has 1 fully saturated rings. The summed E-state index contributed by atoms with van der Waals surface area (Å²) in [5.74, 6) is 0.609. The van der Waals surface area contributed by atoms with Crippen molar-refractivity contribution >= 4 is 34.2 Å². The van der Waals surface area contributed by atoms with E-state index in [4.69, 9.17) is 15.9 Å². The average molecular weight is 403 g/mol. The van der Waals surface area contributed by atoms with E-state index in [2.05, 4.69) is 26.7 Å². The topological polar surface area (TPSA) is 109 Å². The van der Waals surface area contributed by atoms with Gasteiger partial charge >= 0.3 is 0 Å². The van der Waals surface area contributed by atoms with Gasteiger partial charge in [0.25, 0.3) is 0 Å². The lowest BCUT2D eigenvalue weighted by atomic mass is 10.1. The number of hydrogen-bond donors (Lipinski definition) is 4. The normalized spacial score (nSPS) is 15.1. The summed E-state index contributed by atoms with van der Waals surface area (Å²) in [4.78, 5) is 9.01. The zero-order chi connectivity index (χ0) is 20.8. The molecule has 7 nitrogen and oxygen atoms in total. The number of nitrogens with one attached hydrogen (secondary N) is 3. The third-order valence-electron chi connectivity index (χ3n) is 5.20. The number of nitrogens with zero attached hydrogens (tertiary/aromatic N) is 2. The number of pyridine rings is 2. The molecule has 0 amide bonds. The fourth-order valence-electron chi connectivity index (χ4n) is 3.45. The lowest BCUT2D eigenvalue weighted by molar-refractivity contribution is 0.0812. The molecule has 2 aromatic heterocycles. The fourth-order valence-corrected chi connectivity index (χ4v) is 3.45. The van der Waals surface area contributed by atoms with E-state index in [0.29, 0.717) is 35.4 Å². The number of allylic oxidation sites excluding steroid dienone is 1. The summed E-state index contributed by atoms with van der Waals surface area (Å²) in [6, 6.07) is 14.2. The van der Waals surface area contributed by atoms with Crippen LogP contribution in [0.3, 0.4) is 0 Å². The molecule has 1 saturated heterocycles. The maximum absolute atomic E-state index is 7.80. The van der Waals surface area contributed by atoms with Crippen LogP contribution in [0.4, 0.5) is 11.5 Å². The summed E-state index contributed by atoms with van der Waals surface area (Å²) in [6.45, 7) is 2.13. The maximum Gasteiger partial charge on any atom is 0.150 e. The Balaban J connectivity index is 1.47. The van der Waals surface area contributed by atoms with E-state index in [1.165, 1.54) is 6.21 Å². The highest BCUT2D eigenvalue weighted by atomic mass is 16.5. The number of rotatable bonds is 7. The van der Waals surface area contributed by atoms with Crippen molar-refractivity contribution in [2.75, 3.05) is 24.3 Å². The third kappa shape index (κ3) is 4.75. The second-order valence-corrected chi connectivity index (χ2v) is 7.32. The molecule has 0 unspecified atom stereocenters. The van der Waals surface area contributed by atoms with Gasteiger partial charge in [0.1, 0.15) is 5.82 Å². The van der Waals surface area contributed by atoms with Crippen molar-refractivity contribution in [3.63, 3.8) is 0 Å². The molecule has 3 aromatic rings. The summed E-state index contributed by atoms with van der Waals surface area (Å²) >= 11 is 0. The minimum absolute atomic E-state index is 0.363. The van der Waals surface area contributed by atoms with Gasteiger partial charge in [0.05, 0.1) is 16.9 Å². The molecule has 1 aliphatic heterocycles. The van der Waals surface area contributed by atoms with E-state index in [9.17, 15) is 0 Å². The highest BCUT2D eigenvalue weighted by Gasteiger charge is 2.12. The van der Waals surface area contributed by atoms with E-state index >= 15 is 0 Å². The molecule has 0 atom stereocenters. The molecule has 30 heavy (non-hydrogen) atoms.